The van der Waals surface area contributed by atoms with Crippen molar-refractivity contribution in [2.24, 2.45) is 4.99 Å². The quantitative estimate of drug-likeness (QED) is 0.544. The molecule has 1 aliphatic rings. The van der Waals surface area contributed by atoms with Gasteiger partial charge in [0.2, 0.25) is 0 Å². The Morgan fingerprint density at radius 1 is 1.32 bits per heavy atom. The van der Waals surface area contributed by atoms with Crippen molar-refractivity contribution in [3.8, 4) is 0 Å². The monoisotopic (exact) mass is 350 g/mol. The summed E-state index contributed by atoms with van der Waals surface area (Å²) in [4.78, 5) is 6.92. The normalized spacial score (nSPS) is 18.4. The number of aliphatic hydroxyl groups excluding tert-OH is 1. The van der Waals surface area contributed by atoms with Crippen molar-refractivity contribution < 1.29 is 9.50 Å². The molecule has 6 heteroatoms. The Bertz CT molecular complexity index is 556. The van der Waals surface area contributed by atoms with Crippen LogP contribution in [0, 0.1) is 5.82 Å². The first-order chi connectivity index (χ1) is 12.0. The number of rotatable bonds is 6. The molecule has 25 heavy (non-hydrogen) atoms. The van der Waals surface area contributed by atoms with Crippen LogP contribution in [-0.4, -0.2) is 54.2 Å². The molecule has 0 spiro atoms. The molecule has 0 amide bonds. The number of piperidine rings is 1. The molecule has 0 bridgehead atoms. The van der Waals surface area contributed by atoms with Gasteiger partial charge in [0.1, 0.15) is 11.9 Å². The molecule has 1 aromatic carbocycles. The zero-order valence-electron chi connectivity index (χ0n) is 15.5. The number of benzene rings is 1. The van der Waals surface area contributed by atoms with Gasteiger partial charge in [-0.1, -0.05) is 18.2 Å². The maximum Gasteiger partial charge on any atom is 0.191 e. The van der Waals surface area contributed by atoms with Crippen LogP contribution in [-0.2, 0) is 0 Å². The van der Waals surface area contributed by atoms with Crippen LogP contribution in [0.3, 0.4) is 0 Å². The van der Waals surface area contributed by atoms with Crippen LogP contribution >= 0.6 is 0 Å². The Hall–Kier alpha value is -1.66. The second-order valence-electron chi connectivity index (χ2n) is 6.81. The van der Waals surface area contributed by atoms with Gasteiger partial charge in [-0.2, -0.15) is 0 Å². The molecule has 0 radical (unpaired) electrons. The summed E-state index contributed by atoms with van der Waals surface area (Å²) in [5.74, 6) is 0.283. The number of nitrogens with zero attached hydrogens (tertiary/aromatic N) is 2. The van der Waals surface area contributed by atoms with Crippen molar-refractivity contribution in [1.29, 1.82) is 0 Å². The van der Waals surface area contributed by atoms with Crippen molar-refractivity contribution in [3.05, 3.63) is 35.6 Å². The topological polar surface area (TPSA) is 59.9 Å². The average molecular weight is 350 g/mol. The highest BCUT2D eigenvalue weighted by molar-refractivity contribution is 5.80. The third kappa shape index (κ3) is 5.97. The third-order valence-corrected chi connectivity index (χ3v) is 4.63. The molecule has 1 aliphatic heterocycles. The van der Waals surface area contributed by atoms with E-state index in [0.717, 1.165) is 32.5 Å². The SMILES string of the molecule is CCNC(=NCC(O)c1ccccc1F)NC1CCN(C(C)C)CC1. The lowest BCUT2D eigenvalue weighted by Crippen LogP contribution is -2.50. The maximum absolute atomic E-state index is 13.7. The first-order valence-electron chi connectivity index (χ1n) is 9.22. The lowest BCUT2D eigenvalue weighted by molar-refractivity contribution is 0.167. The summed E-state index contributed by atoms with van der Waals surface area (Å²) >= 11 is 0. The van der Waals surface area contributed by atoms with Gasteiger partial charge in [-0.15, -0.1) is 0 Å². The molecule has 1 unspecified atom stereocenters. The van der Waals surface area contributed by atoms with E-state index in [0.29, 0.717) is 18.0 Å². The van der Waals surface area contributed by atoms with Crippen LogP contribution in [0.15, 0.2) is 29.3 Å². The number of nitrogens with one attached hydrogen (secondary N) is 2. The van der Waals surface area contributed by atoms with Crippen molar-refractivity contribution in [3.63, 3.8) is 0 Å². The van der Waals surface area contributed by atoms with Crippen molar-refractivity contribution in [2.45, 2.75) is 51.8 Å². The smallest absolute Gasteiger partial charge is 0.191 e. The molecule has 1 fully saturated rings. The fraction of sp³-hybridized carbons (Fsp3) is 0.632. The van der Waals surface area contributed by atoms with Crippen LogP contribution in [0.1, 0.15) is 45.3 Å². The van der Waals surface area contributed by atoms with E-state index in [-0.39, 0.29) is 12.1 Å². The molecule has 1 atom stereocenters. The highest BCUT2D eigenvalue weighted by Crippen LogP contribution is 2.17. The van der Waals surface area contributed by atoms with E-state index in [4.69, 9.17) is 0 Å². The molecular formula is C19H31FN4O. The molecular weight excluding hydrogens is 319 g/mol. The predicted octanol–water partition coefficient (Wildman–Crippen LogP) is 2.29. The van der Waals surface area contributed by atoms with Gasteiger partial charge in [-0.05, 0) is 39.7 Å². The van der Waals surface area contributed by atoms with Gasteiger partial charge in [0.05, 0.1) is 6.54 Å². The molecule has 0 saturated carbocycles. The van der Waals surface area contributed by atoms with Crippen LogP contribution in [0.2, 0.25) is 0 Å². The number of guanidine groups is 1. The Labute approximate surface area is 150 Å². The summed E-state index contributed by atoms with van der Waals surface area (Å²) in [5, 5.41) is 16.9. The van der Waals surface area contributed by atoms with Crippen LogP contribution in [0.25, 0.3) is 0 Å². The Balaban J connectivity index is 1.91. The van der Waals surface area contributed by atoms with Crippen molar-refractivity contribution in [1.82, 2.24) is 15.5 Å². The standard InChI is InChI=1S/C19H31FN4O/c1-4-21-19(23-15-9-11-24(12-10-15)14(2)3)22-13-18(25)16-7-5-6-8-17(16)20/h5-8,14-15,18,25H,4,9-13H2,1-3H3,(H2,21,22,23). The molecule has 5 nitrogen and oxygen atoms in total. The molecule has 140 valence electrons. The molecule has 1 aromatic rings. The van der Waals surface area contributed by atoms with E-state index in [1.807, 2.05) is 6.92 Å². The summed E-state index contributed by atoms with van der Waals surface area (Å²) in [5.41, 5.74) is 0.285. The summed E-state index contributed by atoms with van der Waals surface area (Å²) in [6.45, 7) is 9.48. The highest BCUT2D eigenvalue weighted by Gasteiger charge is 2.21. The van der Waals surface area contributed by atoms with Crippen molar-refractivity contribution >= 4 is 5.96 Å². The van der Waals surface area contributed by atoms with Gasteiger partial charge >= 0.3 is 0 Å². The first kappa shape index (κ1) is 19.7. The Morgan fingerprint density at radius 3 is 2.60 bits per heavy atom. The zero-order chi connectivity index (χ0) is 18.2. The van der Waals surface area contributed by atoms with E-state index in [1.165, 1.54) is 6.07 Å². The van der Waals surface area contributed by atoms with Gasteiger partial charge in [-0.25, -0.2) is 4.39 Å². The van der Waals surface area contributed by atoms with E-state index >= 15 is 0 Å². The lowest BCUT2D eigenvalue weighted by atomic mass is 10.0. The Kier molecular flexibility index (Phi) is 7.65. The van der Waals surface area contributed by atoms with Crippen molar-refractivity contribution in [2.75, 3.05) is 26.2 Å². The molecule has 1 saturated heterocycles. The summed E-state index contributed by atoms with van der Waals surface area (Å²) < 4.78 is 13.7. The minimum absolute atomic E-state index is 0.126. The number of likely N-dealkylation sites (tertiary alicyclic amines) is 1. The van der Waals surface area contributed by atoms with E-state index in [9.17, 15) is 9.50 Å². The van der Waals surface area contributed by atoms with Gasteiger partial charge in [0, 0.05) is 37.3 Å². The number of hydrogen-bond acceptors (Lipinski definition) is 3. The number of aliphatic imine (C=N–C) groups is 1. The highest BCUT2D eigenvalue weighted by atomic mass is 19.1. The van der Waals surface area contributed by atoms with Gasteiger partial charge in [-0.3, -0.25) is 4.99 Å². The molecule has 3 N–H and O–H groups in total. The van der Waals surface area contributed by atoms with Gasteiger partial charge < -0.3 is 20.6 Å². The summed E-state index contributed by atoms with van der Waals surface area (Å²) in [6.07, 6.45) is 1.19. The van der Waals surface area contributed by atoms with Crippen LogP contribution < -0.4 is 10.6 Å². The largest absolute Gasteiger partial charge is 0.386 e. The minimum Gasteiger partial charge on any atom is -0.386 e. The number of halogens is 1. The zero-order valence-corrected chi connectivity index (χ0v) is 15.5. The van der Waals surface area contributed by atoms with Gasteiger partial charge in [0.25, 0.3) is 0 Å². The number of aliphatic hydroxyl groups is 1. The van der Waals surface area contributed by atoms with Gasteiger partial charge in [0.15, 0.2) is 5.96 Å². The maximum atomic E-state index is 13.7. The molecule has 2 rings (SSSR count). The minimum atomic E-state index is -0.945. The predicted molar refractivity (Wildman–Crippen MR) is 100 cm³/mol. The lowest BCUT2D eigenvalue weighted by Gasteiger charge is -2.35. The second-order valence-corrected chi connectivity index (χ2v) is 6.81. The van der Waals surface area contributed by atoms with Crippen LogP contribution in [0.5, 0.6) is 0 Å². The molecule has 0 aromatic heterocycles. The Morgan fingerprint density at radius 2 is 2.00 bits per heavy atom. The third-order valence-electron chi connectivity index (χ3n) is 4.63. The first-order valence-corrected chi connectivity index (χ1v) is 9.22. The average Bonchev–Trinajstić information content (AvgIpc) is 2.60. The summed E-state index contributed by atoms with van der Waals surface area (Å²) in [7, 11) is 0. The molecule has 0 aliphatic carbocycles. The number of hydrogen-bond donors (Lipinski definition) is 3. The van der Waals surface area contributed by atoms with E-state index in [2.05, 4.69) is 34.4 Å². The van der Waals surface area contributed by atoms with E-state index < -0.39 is 11.9 Å². The fourth-order valence-electron chi connectivity index (χ4n) is 3.10. The van der Waals surface area contributed by atoms with Crippen LogP contribution in [0.4, 0.5) is 4.39 Å². The van der Waals surface area contributed by atoms with E-state index in [1.54, 1.807) is 18.2 Å². The second kappa shape index (κ2) is 9.73. The molecule has 1 heterocycles. The summed E-state index contributed by atoms with van der Waals surface area (Å²) in [6, 6.07) is 7.24. The fourth-order valence-corrected chi connectivity index (χ4v) is 3.10.